The fourth-order valence-corrected chi connectivity index (χ4v) is 3.80. The summed E-state index contributed by atoms with van der Waals surface area (Å²) in [5.41, 5.74) is 10.8. The summed E-state index contributed by atoms with van der Waals surface area (Å²) in [6, 6.07) is 11.5. The predicted molar refractivity (Wildman–Crippen MR) is 118 cm³/mol. The largest absolute Gasteiger partial charge is 0.398 e. The number of hydrogen-bond donors (Lipinski definition) is 1. The van der Waals surface area contributed by atoms with Crippen molar-refractivity contribution >= 4 is 28.4 Å². The van der Waals surface area contributed by atoms with Crippen molar-refractivity contribution in [1.29, 1.82) is 5.26 Å². The van der Waals surface area contributed by atoms with Gasteiger partial charge in [-0.05, 0) is 28.8 Å². The van der Waals surface area contributed by atoms with E-state index in [2.05, 4.69) is 11.7 Å². The molecule has 1 aliphatic heterocycles. The number of fused-ring (bicyclic) bond motifs is 2. The maximum absolute atomic E-state index is 12.9. The van der Waals surface area contributed by atoms with Crippen LogP contribution in [0.2, 0.25) is 0 Å². The average molecular weight is 414 g/mol. The van der Waals surface area contributed by atoms with E-state index in [1.165, 1.54) is 4.90 Å². The summed E-state index contributed by atoms with van der Waals surface area (Å²) >= 11 is 0. The minimum Gasteiger partial charge on any atom is -0.398 e. The summed E-state index contributed by atoms with van der Waals surface area (Å²) in [6.07, 6.45) is 1.73. The van der Waals surface area contributed by atoms with Crippen LogP contribution in [-0.4, -0.2) is 52.0 Å². The van der Waals surface area contributed by atoms with Crippen LogP contribution in [0.15, 0.2) is 48.7 Å². The first-order valence-electron chi connectivity index (χ1n) is 9.74. The fraction of sp³-hybridized carbons (Fsp3) is 0.217. The van der Waals surface area contributed by atoms with Gasteiger partial charge in [0, 0.05) is 37.3 Å². The normalized spacial score (nSPS) is 12.7. The SMILES string of the molecule is C=C(C#N)CN1Cc2c(-c3ccc4cnn(CC(=O)N(C)C)c4c3)ccc(N)c2C1=O. The highest BCUT2D eigenvalue weighted by Gasteiger charge is 2.32. The number of nitrogen functional groups attached to an aromatic ring is 1. The number of rotatable bonds is 5. The molecule has 2 N–H and O–H groups in total. The zero-order valence-electron chi connectivity index (χ0n) is 17.4. The van der Waals surface area contributed by atoms with E-state index in [0.29, 0.717) is 23.4 Å². The zero-order valence-corrected chi connectivity index (χ0v) is 17.4. The van der Waals surface area contributed by atoms with Crippen molar-refractivity contribution in [3.05, 3.63) is 59.8 Å². The lowest BCUT2D eigenvalue weighted by Crippen LogP contribution is -2.26. The Labute approximate surface area is 179 Å². The summed E-state index contributed by atoms with van der Waals surface area (Å²) in [7, 11) is 3.42. The standard InChI is InChI=1S/C23H22N6O2/c1-14(9-24)11-28-12-18-17(6-7-19(25)22(18)23(28)31)15-4-5-16-10-26-29(20(16)8-15)13-21(30)27(2)3/h4-8,10H,1,11-13,25H2,2-3H3. The number of likely N-dealkylation sites (N-methyl/N-ethyl adjacent to an activating group) is 1. The van der Waals surface area contributed by atoms with Crippen LogP contribution < -0.4 is 5.73 Å². The van der Waals surface area contributed by atoms with Gasteiger partial charge in [0.05, 0.1) is 29.9 Å². The Kier molecular flexibility index (Phi) is 4.95. The van der Waals surface area contributed by atoms with Crippen molar-refractivity contribution in [1.82, 2.24) is 19.6 Å². The molecule has 0 fully saturated rings. The molecule has 0 radical (unpaired) electrons. The van der Waals surface area contributed by atoms with E-state index in [9.17, 15) is 9.59 Å². The minimum atomic E-state index is -0.201. The molecule has 8 nitrogen and oxygen atoms in total. The smallest absolute Gasteiger partial charge is 0.256 e. The van der Waals surface area contributed by atoms with Crippen molar-refractivity contribution in [2.45, 2.75) is 13.1 Å². The van der Waals surface area contributed by atoms with Crippen LogP contribution in [0, 0.1) is 11.3 Å². The molecule has 0 atom stereocenters. The molecule has 2 heterocycles. The van der Waals surface area contributed by atoms with Gasteiger partial charge in [0.1, 0.15) is 6.54 Å². The number of carbonyl (C=O) groups is 2. The summed E-state index contributed by atoms with van der Waals surface area (Å²) in [6.45, 7) is 4.35. The van der Waals surface area contributed by atoms with Gasteiger partial charge in [0.15, 0.2) is 0 Å². The molecule has 156 valence electrons. The van der Waals surface area contributed by atoms with E-state index >= 15 is 0 Å². The maximum Gasteiger partial charge on any atom is 0.256 e. The highest BCUT2D eigenvalue weighted by molar-refractivity contribution is 6.05. The number of nitrogens with zero attached hydrogens (tertiary/aromatic N) is 5. The van der Waals surface area contributed by atoms with Crippen molar-refractivity contribution in [3.63, 3.8) is 0 Å². The van der Waals surface area contributed by atoms with Crippen molar-refractivity contribution in [2.24, 2.45) is 0 Å². The van der Waals surface area contributed by atoms with Crippen molar-refractivity contribution < 1.29 is 9.59 Å². The quantitative estimate of drug-likeness (QED) is 0.509. The molecule has 0 unspecified atom stereocenters. The molecule has 1 aromatic heterocycles. The molecule has 31 heavy (non-hydrogen) atoms. The summed E-state index contributed by atoms with van der Waals surface area (Å²) in [5, 5.41) is 14.3. The molecule has 2 aromatic carbocycles. The molecule has 0 spiro atoms. The highest BCUT2D eigenvalue weighted by Crippen LogP contribution is 2.37. The Morgan fingerprint density at radius 2 is 2.06 bits per heavy atom. The molecule has 0 saturated carbocycles. The van der Waals surface area contributed by atoms with Crippen LogP contribution in [-0.2, 0) is 17.9 Å². The Hall–Kier alpha value is -4.12. The minimum absolute atomic E-state index is 0.0530. The number of nitrogens with two attached hydrogens (primary N) is 1. The Morgan fingerprint density at radius 3 is 2.77 bits per heavy atom. The maximum atomic E-state index is 12.9. The number of carbonyl (C=O) groups excluding carboxylic acids is 2. The number of anilines is 1. The highest BCUT2D eigenvalue weighted by atomic mass is 16.2. The molecule has 0 bridgehead atoms. The van der Waals surface area contributed by atoms with E-state index in [4.69, 9.17) is 11.0 Å². The lowest BCUT2D eigenvalue weighted by atomic mass is 9.95. The first-order chi connectivity index (χ1) is 14.8. The number of hydrogen-bond acceptors (Lipinski definition) is 5. The number of benzene rings is 2. The molecule has 3 aromatic rings. The van der Waals surface area contributed by atoms with E-state index in [-0.39, 0.29) is 24.9 Å². The summed E-state index contributed by atoms with van der Waals surface area (Å²) in [5.74, 6) is -0.254. The van der Waals surface area contributed by atoms with Crippen LogP contribution in [0.1, 0.15) is 15.9 Å². The van der Waals surface area contributed by atoms with Gasteiger partial charge in [-0.3, -0.25) is 14.3 Å². The Balaban J connectivity index is 1.77. The van der Waals surface area contributed by atoms with Crippen molar-refractivity contribution in [3.8, 4) is 17.2 Å². The second-order valence-electron chi connectivity index (χ2n) is 7.80. The van der Waals surface area contributed by atoms with Crippen LogP contribution in [0.3, 0.4) is 0 Å². The number of aromatic nitrogens is 2. The van der Waals surface area contributed by atoms with Crippen LogP contribution in [0.5, 0.6) is 0 Å². The molecule has 4 rings (SSSR count). The van der Waals surface area contributed by atoms with Crippen LogP contribution >= 0.6 is 0 Å². The number of nitriles is 1. The molecule has 2 amide bonds. The predicted octanol–water partition coefficient (Wildman–Crippen LogP) is 2.41. The van der Waals surface area contributed by atoms with Gasteiger partial charge in [-0.2, -0.15) is 10.4 Å². The second kappa shape index (κ2) is 7.61. The molecule has 0 saturated heterocycles. The van der Waals surface area contributed by atoms with Gasteiger partial charge in [0.25, 0.3) is 5.91 Å². The van der Waals surface area contributed by atoms with Gasteiger partial charge in [-0.25, -0.2) is 0 Å². The van der Waals surface area contributed by atoms with Gasteiger partial charge >= 0.3 is 0 Å². The molecule has 1 aliphatic rings. The molecule has 0 aliphatic carbocycles. The Bertz CT molecular complexity index is 1280. The molecular formula is C23H22N6O2. The van der Waals surface area contributed by atoms with Crippen LogP contribution in [0.25, 0.3) is 22.0 Å². The summed E-state index contributed by atoms with van der Waals surface area (Å²) in [4.78, 5) is 28.2. The van der Waals surface area contributed by atoms with E-state index in [1.54, 1.807) is 35.9 Å². The first kappa shape index (κ1) is 20.2. The van der Waals surface area contributed by atoms with E-state index in [0.717, 1.165) is 27.6 Å². The lowest BCUT2D eigenvalue weighted by molar-refractivity contribution is -0.129. The third-order valence-corrected chi connectivity index (χ3v) is 5.47. The third kappa shape index (κ3) is 3.51. The Morgan fingerprint density at radius 1 is 1.29 bits per heavy atom. The van der Waals surface area contributed by atoms with E-state index < -0.39 is 0 Å². The number of amides is 2. The third-order valence-electron chi connectivity index (χ3n) is 5.47. The molecular weight excluding hydrogens is 392 g/mol. The second-order valence-corrected chi connectivity index (χ2v) is 7.80. The molecule has 8 heteroatoms. The summed E-state index contributed by atoms with van der Waals surface area (Å²) < 4.78 is 1.67. The van der Waals surface area contributed by atoms with E-state index in [1.807, 2.05) is 30.3 Å². The van der Waals surface area contributed by atoms with Gasteiger partial charge < -0.3 is 15.5 Å². The van der Waals surface area contributed by atoms with Gasteiger partial charge in [-0.15, -0.1) is 0 Å². The fourth-order valence-electron chi connectivity index (χ4n) is 3.80. The van der Waals surface area contributed by atoms with Crippen molar-refractivity contribution in [2.75, 3.05) is 26.4 Å². The lowest BCUT2D eigenvalue weighted by Gasteiger charge is -2.14. The first-order valence-corrected chi connectivity index (χ1v) is 9.74. The average Bonchev–Trinajstić information content (AvgIpc) is 3.29. The monoisotopic (exact) mass is 414 g/mol. The van der Waals surface area contributed by atoms with Gasteiger partial charge in [-0.1, -0.05) is 24.8 Å². The zero-order chi connectivity index (χ0) is 22.3. The van der Waals surface area contributed by atoms with Gasteiger partial charge in [0.2, 0.25) is 5.91 Å². The topological polar surface area (TPSA) is 108 Å². The van der Waals surface area contributed by atoms with Crippen LogP contribution in [0.4, 0.5) is 5.69 Å².